The maximum atomic E-state index is 12.4. The molecule has 1 aromatic rings. The summed E-state index contributed by atoms with van der Waals surface area (Å²) in [5.41, 5.74) is 0. The fourth-order valence-electron chi connectivity index (χ4n) is 1.74. The lowest BCUT2D eigenvalue weighted by Crippen LogP contribution is -2.30. The highest BCUT2D eigenvalue weighted by atomic mass is 32.2. The number of rotatable bonds is 8. The van der Waals surface area contributed by atoms with Gasteiger partial charge in [-0.15, -0.1) is 11.3 Å². The Kier molecular flexibility index (Phi) is 6.84. The lowest BCUT2D eigenvalue weighted by molar-refractivity contribution is 0.414. The molecule has 0 aliphatic heterocycles. The molecule has 6 heteroatoms. The number of hydrogen-bond donors (Lipinski definition) is 2. The Bertz CT molecular complexity index is 548. The molecule has 1 unspecified atom stereocenters. The summed E-state index contributed by atoms with van der Waals surface area (Å²) in [6, 6.07) is 2.18. The summed E-state index contributed by atoms with van der Waals surface area (Å²) in [4.78, 5) is 2.32. The molecule has 0 bridgehead atoms. The first-order valence-electron chi connectivity index (χ1n) is 7.45. The lowest BCUT2D eigenvalue weighted by atomic mass is 9.99. The molecule has 0 radical (unpaired) electrons. The van der Waals surface area contributed by atoms with Crippen LogP contribution in [0.2, 0.25) is 0 Å². The van der Waals surface area contributed by atoms with E-state index in [-0.39, 0.29) is 0 Å². The van der Waals surface area contributed by atoms with Crippen LogP contribution in [0.1, 0.15) is 44.4 Å². The van der Waals surface area contributed by atoms with E-state index in [4.69, 9.17) is 0 Å². The second-order valence-electron chi connectivity index (χ2n) is 6.24. The maximum Gasteiger partial charge on any atom is 0.241 e. The maximum absolute atomic E-state index is 12.4. The molecule has 122 valence electrons. The van der Waals surface area contributed by atoms with Gasteiger partial charge in [0.05, 0.1) is 4.90 Å². The number of nitrogens with one attached hydrogen (secondary N) is 2. The van der Waals surface area contributed by atoms with Gasteiger partial charge in [-0.3, -0.25) is 0 Å². The van der Waals surface area contributed by atoms with E-state index in [1.165, 1.54) is 0 Å². The van der Waals surface area contributed by atoms with E-state index >= 15 is 0 Å². The van der Waals surface area contributed by atoms with E-state index in [9.17, 15) is 8.42 Å². The third-order valence-corrected chi connectivity index (χ3v) is 6.36. The van der Waals surface area contributed by atoms with Gasteiger partial charge in [0.25, 0.3) is 0 Å². The van der Waals surface area contributed by atoms with Gasteiger partial charge in [0, 0.05) is 28.9 Å². The average molecular weight is 333 g/mol. The summed E-state index contributed by atoms with van der Waals surface area (Å²) < 4.78 is 27.5. The molecule has 1 aromatic heterocycles. The molecule has 0 fully saturated rings. The van der Waals surface area contributed by atoms with Gasteiger partial charge in [-0.1, -0.05) is 34.6 Å². The zero-order valence-corrected chi connectivity index (χ0v) is 15.5. The van der Waals surface area contributed by atoms with Crippen LogP contribution >= 0.6 is 11.3 Å². The highest BCUT2D eigenvalue weighted by Gasteiger charge is 2.21. The van der Waals surface area contributed by atoms with Crippen molar-refractivity contribution in [3.63, 3.8) is 0 Å². The first kappa shape index (κ1) is 18.6. The minimum atomic E-state index is -3.40. The molecule has 21 heavy (non-hydrogen) atoms. The van der Waals surface area contributed by atoms with Gasteiger partial charge in [-0.25, -0.2) is 13.1 Å². The molecule has 4 nitrogen and oxygen atoms in total. The molecular weight excluding hydrogens is 304 g/mol. The SMILES string of the molecule is Cc1sc(CNC(C)C)cc1S(=O)(=O)NCC(C)C(C)C. The van der Waals surface area contributed by atoms with E-state index in [1.54, 1.807) is 17.4 Å². The molecule has 0 aliphatic carbocycles. The van der Waals surface area contributed by atoms with E-state index in [1.807, 2.05) is 6.92 Å². The van der Waals surface area contributed by atoms with Crippen LogP contribution in [-0.2, 0) is 16.6 Å². The smallest absolute Gasteiger partial charge is 0.241 e. The van der Waals surface area contributed by atoms with E-state index in [2.05, 4.69) is 44.7 Å². The predicted molar refractivity (Wildman–Crippen MR) is 90.2 cm³/mol. The van der Waals surface area contributed by atoms with Gasteiger partial charge in [0.15, 0.2) is 0 Å². The van der Waals surface area contributed by atoms with Gasteiger partial charge in [0.1, 0.15) is 0 Å². The molecule has 2 N–H and O–H groups in total. The Morgan fingerprint density at radius 3 is 2.33 bits per heavy atom. The topological polar surface area (TPSA) is 58.2 Å². The second-order valence-corrected chi connectivity index (χ2v) is 9.32. The van der Waals surface area contributed by atoms with Crippen LogP contribution in [0.5, 0.6) is 0 Å². The van der Waals surface area contributed by atoms with Gasteiger partial charge >= 0.3 is 0 Å². The fourth-order valence-corrected chi connectivity index (χ4v) is 4.46. The van der Waals surface area contributed by atoms with Crippen LogP contribution in [0.25, 0.3) is 0 Å². The van der Waals surface area contributed by atoms with E-state index < -0.39 is 10.0 Å². The summed E-state index contributed by atoms with van der Waals surface area (Å²) in [5, 5.41) is 3.31. The minimum absolute atomic E-state index is 0.320. The molecule has 0 saturated carbocycles. The van der Waals surface area contributed by atoms with Crippen molar-refractivity contribution in [3.05, 3.63) is 15.8 Å². The van der Waals surface area contributed by atoms with Gasteiger partial charge < -0.3 is 5.32 Å². The van der Waals surface area contributed by atoms with Crippen LogP contribution in [0.4, 0.5) is 0 Å². The molecule has 0 amide bonds. The molecule has 0 aromatic carbocycles. The van der Waals surface area contributed by atoms with Crippen molar-refractivity contribution in [2.45, 2.75) is 59.0 Å². The van der Waals surface area contributed by atoms with Crippen LogP contribution in [-0.4, -0.2) is 21.0 Å². The molecule has 0 saturated heterocycles. The molecule has 1 rings (SSSR count). The van der Waals surface area contributed by atoms with Crippen molar-refractivity contribution in [2.24, 2.45) is 11.8 Å². The second kappa shape index (κ2) is 7.72. The molecule has 1 heterocycles. The van der Waals surface area contributed by atoms with Crippen molar-refractivity contribution in [1.82, 2.24) is 10.0 Å². The molecule has 0 spiro atoms. The third kappa shape index (κ3) is 5.70. The number of aryl methyl sites for hydroxylation is 1. The Morgan fingerprint density at radius 2 is 1.81 bits per heavy atom. The van der Waals surface area contributed by atoms with Crippen molar-refractivity contribution in [1.29, 1.82) is 0 Å². The highest BCUT2D eigenvalue weighted by molar-refractivity contribution is 7.89. The Hall–Kier alpha value is -0.430. The monoisotopic (exact) mass is 332 g/mol. The normalized spacial score (nSPS) is 14.1. The van der Waals surface area contributed by atoms with Crippen molar-refractivity contribution in [3.8, 4) is 0 Å². The molecule has 0 aliphatic rings. The summed E-state index contributed by atoms with van der Waals surface area (Å²) in [6.07, 6.45) is 0. The predicted octanol–water partition coefficient (Wildman–Crippen LogP) is 3.12. The standard InChI is InChI=1S/C15H28N2O2S2/c1-10(2)12(5)8-17-21(18,19)15-7-14(20-13(15)6)9-16-11(3)4/h7,10-12,16-17H,8-9H2,1-6H3. The van der Waals surface area contributed by atoms with Crippen molar-refractivity contribution < 1.29 is 8.42 Å². The van der Waals surface area contributed by atoms with Crippen LogP contribution in [0.3, 0.4) is 0 Å². The Morgan fingerprint density at radius 1 is 1.19 bits per heavy atom. The van der Waals surface area contributed by atoms with E-state index in [0.29, 0.717) is 35.9 Å². The van der Waals surface area contributed by atoms with Crippen LogP contribution < -0.4 is 10.0 Å². The van der Waals surface area contributed by atoms with Crippen LogP contribution in [0.15, 0.2) is 11.0 Å². The van der Waals surface area contributed by atoms with Gasteiger partial charge in [-0.2, -0.15) is 0 Å². The summed E-state index contributed by atoms with van der Waals surface area (Å²) >= 11 is 1.54. The molecule has 1 atom stereocenters. The average Bonchev–Trinajstić information content (AvgIpc) is 2.75. The summed E-state index contributed by atoms with van der Waals surface area (Å²) in [7, 11) is -3.40. The van der Waals surface area contributed by atoms with Crippen molar-refractivity contribution >= 4 is 21.4 Å². The van der Waals surface area contributed by atoms with Crippen LogP contribution in [0, 0.1) is 18.8 Å². The summed E-state index contributed by atoms with van der Waals surface area (Å²) in [6.45, 7) is 13.5. The largest absolute Gasteiger partial charge is 0.310 e. The van der Waals surface area contributed by atoms with Gasteiger partial charge in [0.2, 0.25) is 10.0 Å². The quantitative estimate of drug-likeness (QED) is 0.769. The first-order chi connectivity index (χ1) is 9.63. The fraction of sp³-hybridized carbons (Fsp3) is 0.733. The number of thiophene rings is 1. The summed E-state index contributed by atoms with van der Waals surface area (Å²) in [5.74, 6) is 0.780. The zero-order valence-electron chi connectivity index (χ0n) is 13.9. The number of hydrogen-bond acceptors (Lipinski definition) is 4. The zero-order chi connectivity index (χ0) is 16.2. The third-order valence-electron chi connectivity index (χ3n) is 3.63. The molecular formula is C15H28N2O2S2. The van der Waals surface area contributed by atoms with Gasteiger partial charge in [-0.05, 0) is 24.8 Å². The van der Waals surface area contributed by atoms with E-state index in [0.717, 1.165) is 9.75 Å². The van der Waals surface area contributed by atoms with Crippen molar-refractivity contribution in [2.75, 3.05) is 6.54 Å². The Labute approximate surface area is 133 Å². The highest BCUT2D eigenvalue weighted by Crippen LogP contribution is 2.26. The Balaban J connectivity index is 2.79. The first-order valence-corrected chi connectivity index (χ1v) is 9.75. The lowest BCUT2D eigenvalue weighted by Gasteiger charge is -2.16. The minimum Gasteiger partial charge on any atom is -0.310 e. The number of sulfonamides is 1.